The summed E-state index contributed by atoms with van der Waals surface area (Å²) in [4.78, 5) is 16.7. The van der Waals surface area contributed by atoms with Gasteiger partial charge in [-0.15, -0.1) is 0 Å². The zero-order valence-electron chi connectivity index (χ0n) is 18.5. The summed E-state index contributed by atoms with van der Waals surface area (Å²) < 4.78 is 10.1. The standard InChI is InChI=1S/C26H30N2O3/c1-19-14-27(16-21-8-10-22(11-9-21)26(29)30-3)15-20(2)28(19)17-23-6-4-5-7-25(23)24-12-13-31-18-24/h4-13,18-20H,14-17H2,1-3H3/t19-,20+. The van der Waals surface area contributed by atoms with Crippen molar-refractivity contribution in [3.8, 4) is 11.1 Å². The Balaban J connectivity index is 1.42. The van der Waals surface area contributed by atoms with E-state index in [0.717, 1.165) is 31.7 Å². The molecule has 0 spiro atoms. The molecule has 0 bridgehead atoms. The van der Waals surface area contributed by atoms with E-state index in [9.17, 15) is 4.79 Å². The van der Waals surface area contributed by atoms with Crippen LogP contribution in [0.15, 0.2) is 71.5 Å². The van der Waals surface area contributed by atoms with Crippen LogP contribution in [0.5, 0.6) is 0 Å². The summed E-state index contributed by atoms with van der Waals surface area (Å²) in [7, 11) is 1.41. The molecule has 31 heavy (non-hydrogen) atoms. The van der Waals surface area contributed by atoms with E-state index in [0.29, 0.717) is 17.6 Å². The van der Waals surface area contributed by atoms with Gasteiger partial charge in [0.1, 0.15) is 0 Å². The lowest BCUT2D eigenvalue weighted by molar-refractivity contribution is 0.0291. The van der Waals surface area contributed by atoms with E-state index < -0.39 is 0 Å². The molecule has 2 heterocycles. The highest BCUT2D eigenvalue weighted by Crippen LogP contribution is 2.28. The third-order valence-corrected chi connectivity index (χ3v) is 6.16. The molecule has 1 aliphatic rings. The maximum absolute atomic E-state index is 11.6. The monoisotopic (exact) mass is 418 g/mol. The van der Waals surface area contributed by atoms with Crippen LogP contribution in [0.25, 0.3) is 11.1 Å². The van der Waals surface area contributed by atoms with Gasteiger partial charge in [-0.1, -0.05) is 36.4 Å². The summed E-state index contributed by atoms with van der Waals surface area (Å²) >= 11 is 0. The number of furan rings is 1. The van der Waals surface area contributed by atoms with Crippen molar-refractivity contribution in [1.29, 1.82) is 0 Å². The third kappa shape index (κ3) is 4.89. The fourth-order valence-corrected chi connectivity index (χ4v) is 4.58. The quantitative estimate of drug-likeness (QED) is 0.537. The Morgan fingerprint density at radius 3 is 2.35 bits per heavy atom. The molecule has 0 unspecified atom stereocenters. The molecule has 5 nitrogen and oxygen atoms in total. The highest BCUT2D eigenvalue weighted by Gasteiger charge is 2.29. The van der Waals surface area contributed by atoms with Gasteiger partial charge in [-0.25, -0.2) is 4.79 Å². The SMILES string of the molecule is COC(=O)c1ccc(CN2C[C@@H](C)N(Cc3ccccc3-c3ccoc3)[C@@H](C)C2)cc1. The molecule has 5 heteroatoms. The minimum atomic E-state index is -0.293. The van der Waals surface area contributed by atoms with Gasteiger partial charge < -0.3 is 9.15 Å². The summed E-state index contributed by atoms with van der Waals surface area (Å²) in [6.45, 7) is 8.45. The molecule has 0 aliphatic carbocycles. The second-order valence-corrected chi connectivity index (χ2v) is 8.42. The Labute approximate surface area is 184 Å². The van der Waals surface area contributed by atoms with Crippen LogP contribution < -0.4 is 0 Å². The Morgan fingerprint density at radius 2 is 1.71 bits per heavy atom. The van der Waals surface area contributed by atoms with E-state index in [1.807, 2.05) is 36.6 Å². The molecule has 2 aromatic carbocycles. The van der Waals surface area contributed by atoms with E-state index in [-0.39, 0.29) is 5.97 Å². The summed E-state index contributed by atoms with van der Waals surface area (Å²) in [5, 5.41) is 0. The van der Waals surface area contributed by atoms with Crippen molar-refractivity contribution in [2.75, 3.05) is 20.2 Å². The second kappa shape index (κ2) is 9.50. The summed E-state index contributed by atoms with van der Waals surface area (Å²) in [6, 6.07) is 19.2. The second-order valence-electron chi connectivity index (χ2n) is 8.42. The number of carbonyl (C=O) groups is 1. The number of hydrogen-bond donors (Lipinski definition) is 0. The van der Waals surface area contributed by atoms with Gasteiger partial charge in [0.25, 0.3) is 0 Å². The molecule has 0 radical (unpaired) electrons. The fraction of sp³-hybridized carbons (Fsp3) is 0.346. The number of hydrogen-bond acceptors (Lipinski definition) is 5. The predicted octanol–water partition coefficient (Wildman–Crippen LogP) is 4.83. The lowest BCUT2D eigenvalue weighted by Crippen LogP contribution is -2.55. The Kier molecular flexibility index (Phi) is 6.54. The molecular weight excluding hydrogens is 388 g/mol. The van der Waals surface area contributed by atoms with E-state index in [4.69, 9.17) is 9.15 Å². The summed E-state index contributed by atoms with van der Waals surface area (Å²) in [6.07, 6.45) is 3.54. The number of ether oxygens (including phenoxy) is 1. The van der Waals surface area contributed by atoms with Gasteiger partial charge in [0.2, 0.25) is 0 Å². The average Bonchev–Trinajstić information content (AvgIpc) is 3.31. The first-order chi connectivity index (χ1) is 15.0. The topological polar surface area (TPSA) is 45.9 Å². The zero-order valence-corrected chi connectivity index (χ0v) is 18.5. The first kappa shape index (κ1) is 21.3. The van der Waals surface area contributed by atoms with Crippen molar-refractivity contribution in [2.24, 2.45) is 0 Å². The summed E-state index contributed by atoms with van der Waals surface area (Å²) in [5.41, 5.74) is 5.50. The van der Waals surface area contributed by atoms with Crippen molar-refractivity contribution in [3.63, 3.8) is 0 Å². The van der Waals surface area contributed by atoms with Crippen LogP contribution in [0.4, 0.5) is 0 Å². The van der Waals surface area contributed by atoms with Crippen LogP contribution in [0.1, 0.15) is 35.3 Å². The molecule has 1 fully saturated rings. The lowest BCUT2D eigenvalue weighted by Gasteiger charge is -2.44. The highest BCUT2D eigenvalue weighted by atomic mass is 16.5. The van der Waals surface area contributed by atoms with Crippen molar-refractivity contribution < 1.29 is 13.9 Å². The molecule has 1 saturated heterocycles. The molecule has 0 amide bonds. The van der Waals surface area contributed by atoms with Crippen LogP contribution in [0.2, 0.25) is 0 Å². The van der Waals surface area contributed by atoms with Crippen LogP contribution in [0, 0.1) is 0 Å². The molecular formula is C26H30N2O3. The molecule has 3 aromatic rings. The van der Waals surface area contributed by atoms with Crippen LogP contribution in [-0.2, 0) is 17.8 Å². The van der Waals surface area contributed by atoms with Crippen LogP contribution >= 0.6 is 0 Å². The van der Waals surface area contributed by atoms with Gasteiger partial charge in [0.15, 0.2) is 0 Å². The van der Waals surface area contributed by atoms with Crippen molar-refractivity contribution in [3.05, 3.63) is 83.8 Å². The van der Waals surface area contributed by atoms with Crippen LogP contribution in [0.3, 0.4) is 0 Å². The minimum absolute atomic E-state index is 0.293. The number of nitrogens with zero attached hydrogens (tertiary/aromatic N) is 2. The van der Waals surface area contributed by atoms with Gasteiger partial charge >= 0.3 is 5.97 Å². The number of carbonyl (C=O) groups excluding carboxylic acids is 1. The van der Waals surface area contributed by atoms with Gasteiger partial charge in [-0.3, -0.25) is 9.80 Å². The summed E-state index contributed by atoms with van der Waals surface area (Å²) in [5.74, 6) is -0.293. The normalized spacial score (nSPS) is 20.0. The third-order valence-electron chi connectivity index (χ3n) is 6.16. The molecule has 1 aliphatic heterocycles. The van der Waals surface area contributed by atoms with E-state index in [2.05, 4.69) is 47.9 Å². The Hall–Kier alpha value is -2.89. The number of methoxy groups -OCH3 is 1. The molecule has 1 aromatic heterocycles. The maximum atomic E-state index is 11.6. The Morgan fingerprint density at radius 1 is 1.00 bits per heavy atom. The molecule has 4 rings (SSSR count). The average molecular weight is 419 g/mol. The molecule has 0 N–H and O–H groups in total. The van der Waals surface area contributed by atoms with Gasteiger partial charge in [0.05, 0.1) is 25.2 Å². The van der Waals surface area contributed by atoms with E-state index in [1.165, 1.54) is 23.8 Å². The smallest absolute Gasteiger partial charge is 0.337 e. The molecule has 162 valence electrons. The van der Waals surface area contributed by atoms with Crippen molar-refractivity contribution in [2.45, 2.75) is 39.0 Å². The van der Waals surface area contributed by atoms with E-state index >= 15 is 0 Å². The first-order valence-electron chi connectivity index (χ1n) is 10.8. The minimum Gasteiger partial charge on any atom is -0.472 e. The first-order valence-corrected chi connectivity index (χ1v) is 10.8. The predicted molar refractivity (Wildman–Crippen MR) is 122 cm³/mol. The number of esters is 1. The number of rotatable bonds is 6. The fourth-order valence-electron chi connectivity index (χ4n) is 4.58. The van der Waals surface area contributed by atoms with Crippen molar-refractivity contribution >= 4 is 5.97 Å². The number of piperazine rings is 1. The van der Waals surface area contributed by atoms with Gasteiger partial charge in [-0.2, -0.15) is 0 Å². The van der Waals surface area contributed by atoms with E-state index in [1.54, 1.807) is 6.26 Å². The maximum Gasteiger partial charge on any atom is 0.337 e. The van der Waals surface area contributed by atoms with Crippen LogP contribution in [-0.4, -0.2) is 48.1 Å². The van der Waals surface area contributed by atoms with Crippen molar-refractivity contribution in [1.82, 2.24) is 9.80 Å². The number of benzene rings is 2. The van der Waals surface area contributed by atoms with Gasteiger partial charge in [0, 0.05) is 43.8 Å². The highest BCUT2D eigenvalue weighted by molar-refractivity contribution is 5.89. The largest absolute Gasteiger partial charge is 0.472 e. The molecule has 2 atom stereocenters. The van der Waals surface area contributed by atoms with Gasteiger partial charge in [-0.05, 0) is 48.7 Å². The Bertz CT molecular complexity index is 986. The lowest BCUT2D eigenvalue weighted by atomic mass is 9.99. The zero-order chi connectivity index (χ0) is 21.8. The molecule has 0 saturated carbocycles.